The van der Waals surface area contributed by atoms with Gasteiger partial charge in [0.2, 0.25) is 0 Å². The van der Waals surface area contributed by atoms with Gasteiger partial charge in [0, 0.05) is 0 Å². The Morgan fingerprint density at radius 1 is 1.28 bits per heavy atom. The van der Waals surface area contributed by atoms with Crippen molar-refractivity contribution in [1.29, 1.82) is 0 Å². The molecule has 1 fully saturated rings. The first-order chi connectivity index (χ1) is 8.19. The third-order valence-electron chi connectivity index (χ3n) is 3.96. The van der Waals surface area contributed by atoms with E-state index in [4.69, 9.17) is 5.73 Å². The molecular weight excluding hydrogens is 246 g/mol. The highest BCUT2D eigenvalue weighted by Gasteiger charge is 2.57. The van der Waals surface area contributed by atoms with Crippen LogP contribution in [0, 0.1) is 17.2 Å². The molecule has 2 rings (SSSR count). The summed E-state index contributed by atoms with van der Waals surface area (Å²) >= 11 is 0. The van der Waals surface area contributed by atoms with Gasteiger partial charge in [-0.05, 0) is 41.5 Å². The zero-order valence-electron chi connectivity index (χ0n) is 10.2. The average Bonchev–Trinajstić information content (AvgIpc) is 2.78. The standard InChI is InChI=1S/C13H15F4N/c1-12(2)9(6-18)11(12)7-3-4-8(10(14)5-7)13(15,16)17/h3-5,9,11H,6,18H2,1-2H3/t9-,11-/m0/s1. The normalized spacial score (nSPS) is 26.2. The maximum atomic E-state index is 13.5. The van der Waals surface area contributed by atoms with Gasteiger partial charge in [-0.2, -0.15) is 13.2 Å². The molecule has 0 aliphatic heterocycles. The van der Waals surface area contributed by atoms with Crippen molar-refractivity contribution in [1.82, 2.24) is 0 Å². The van der Waals surface area contributed by atoms with Crippen LogP contribution in [0.4, 0.5) is 17.6 Å². The minimum Gasteiger partial charge on any atom is -0.330 e. The Morgan fingerprint density at radius 3 is 2.28 bits per heavy atom. The minimum absolute atomic E-state index is 0.0410. The molecule has 2 atom stereocenters. The first-order valence-electron chi connectivity index (χ1n) is 5.76. The Balaban J connectivity index is 2.32. The maximum Gasteiger partial charge on any atom is 0.419 e. The predicted molar refractivity (Wildman–Crippen MR) is 60.5 cm³/mol. The van der Waals surface area contributed by atoms with Crippen LogP contribution in [0.25, 0.3) is 0 Å². The van der Waals surface area contributed by atoms with E-state index >= 15 is 0 Å². The molecular formula is C13H15F4N. The Hall–Kier alpha value is -1.10. The van der Waals surface area contributed by atoms with Crippen molar-refractivity contribution >= 4 is 0 Å². The van der Waals surface area contributed by atoms with E-state index in [1.54, 1.807) is 0 Å². The maximum absolute atomic E-state index is 13.5. The fourth-order valence-corrected chi connectivity index (χ4v) is 2.80. The molecule has 1 aliphatic carbocycles. The van der Waals surface area contributed by atoms with Crippen molar-refractivity contribution in [3.8, 4) is 0 Å². The van der Waals surface area contributed by atoms with Gasteiger partial charge in [-0.1, -0.05) is 19.9 Å². The number of benzene rings is 1. The third kappa shape index (κ3) is 2.00. The van der Waals surface area contributed by atoms with Crippen LogP contribution in [0.2, 0.25) is 0 Å². The molecule has 0 bridgehead atoms. The zero-order valence-corrected chi connectivity index (χ0v) is 10.2. The van der Waals surface area contributed by atoms with Crippen molar-refractivity contribution < 1.29 is 17.6 Å². The van der Waals surface area contributed by atoms with Gasteiger partial charge in [0.1, 0.15) is 5.82 Å². The van der Waals surface area contributed by atoms with Crippen LogP contribution in [0.15, 0.2) is 18.2 Å². The summed E-state index contributed by atoms with van der Waals surface area (Å²) in [4.78, 5) is 0. The van der Waals surface area contributed by atoms with Crippen LogP contribution in [0.1, 0.15) is 30.9 Å². The summed E-state index contributed by atoms with van der Waals surface area (Å²) in [6.07, 6.45) is -4.64. The van der Waals surface area contributed by atoms with Gasteiger partial charge < -0.3 is 5.73 Å². The lowest BCUT2D eigenvalue weighted by molar-refractivity contribution is -0.140. The highest BCUT2D eigenvalue weighted by atomic mass is 19.4. The lowest BCUT2D eigenvalue weighted by atomic mass is 10.0. The van der Waals surface area contributed by atoms with E-state index in [0.717, 1.165) is 12.1 Å². The van der Waals surface area contributed by atoms with Crippen LogP contribution in [-0.4, -0.2) is 6.54 Å². The molecule has 0 spiro atoms. The number of rotatable bonds is 2. The summed E-state index contributed by atoms with van der Waals surface area (Å²) in [7, 11) is 0. The molecule has 1 aliphatic rings. The molecule has 1 aromatic rings. The quantitative estimate of drug-likeness (QED) is 0.809. The van der Waals surface area contributed by atoms with E-state index in [1.165, 1.54) is 6.07 Å². The molecule has 1 nitrogen and oxygen atoms in total. The van der Waals surface area contributed by atoms with E-state index in [-0.39, 0.29) is 17.3 Å². The summed E-state index contributed by atoms with van der Waals surface area (Å²) in [5.74, 6) is -0.966. The van der Waals surface area contributed by atoms with Crippen LogP contribution in [0.3, 0.4) is 0 Å². The minimum atomic E-state index is -4.64. The van der Waals surface area contributed by atoms with E-state index < -0.39 is 17.6 Å². The van der Waals surface area contributed by atoms with Crippen molar-refractivity contribution in [2.75, 3.05) is 6.54 Å². The van der Waals surface area contributed by atoms with Gasteiger partial charge in [0.05, 0.1) is 5.56 Å². The van der Waals surface area contributed by atoms with Crippen LogP contribution < -0.4 is 5.73 Å². The summed E-state index contributed by atoms with van der Waals surface area (Å²) in [5, 5.41) is 0. The number of nitrogens with two attached hydrogens (primary N) is 1. The average molecular weight is 261 g/mol. The van der Waals surface area contributed by atoms with Crippen molar-refractivity contribution in [3.05, 3.63) is 35.1 Å². The van der Waals surface area contributed by atoms with Gasteiger partial charge in [0.15, 0.2) is 0 Å². The molecule has 100 valence electrons. The fourth-order valence-electron chi connectivity index (χ4n) is 2.80. The highest BCUT2D eigenvalue weighted by Crippen LogP contribution is 2.63. The van der Waals surface area contributed by atoms with E-state index in [1.807, 2.05) is 13.8 Å². The van der Waals surface area contributed by atoms with E-state index in [9.17, 15) is 17.6 Å². The second-order valence-electron chi connectivity index (χ2n) is 5.38. The summed E-state index contributed by atoms with van der Waals surface area (Å²) in [6, 6.07) is 3.16. The van der Waals surface area contributed by atoms with Crippen LogP contribution in [-0.2, 0) is 6.18 Å². The van der Waals surface area contributed by atoms with Crippen molar-refractivity contribution in [3.63, 3.8) is 0 Å². The summed E-state index contributed by atoms with van der Waals surface area (Å²) < 4.78 is 50.8. The molecule has 0 aromatic heterocycles. The number of halogens is 4. The number of alkyl halides is 3. The molecule has 5 heteroatoms. The largest absolute Gasteiger partial charge is 0.419 e. The summed E-state index contributed by atoms with van der Waals surface area (Å²) in [6.45, 7) is 4.44. The molecule has 0 heterocycles. The Morgan fingerprint density at radius 2 is 1.89 bits per heavy atom. The first-order valence-corrected chi connectivity index (χ1v) is 5.76. The van der Waals surface area contributed by atoms with Gasteiger partial charge >= 0.3 is 6.18 Å². The molecule has 18 heavy (non-hydrogen) atoms. The fraction of sp³-hybridized carbons (Fsp3) is 0.538. The zero-order chi connectivity index (χ0) is 13.7. The lowest BCUT2D eigenvalue weighted by Crippen LogP contribution is -2.08. The molecule has 0 saturated heterocycles. The lowest BCUT2D eigenvalue weighted by Gasteiger charge is -2.10. The smallest absolute Gasteiger partial charge is 0.330 e. The first kappa shape index (κ1) is 13.3. The van der Waals surface area contributed by atoms with E-state index in [0.29, 0.717) is 12.1 Å². The summed E-state index contributed by atoms with van der Waals surface area (Å²) in [5.41, 5.74) is 4.92. The highest BCUT2D eigenvalue weighted by molar-refractivity contribution is 5.35. The topological polar surface area (TPSA) is 26.0 Å². The van der Waals surface area contributed by atoms with E-state index in [2.05, 4.69) is 0 Å². The van der Waals surface area contributed by atoms with Gasteiger partial charge in [-0.3, -0.25) is 0 Å². The number of hydrogen-bond acceptors (Lipinski definition) is 1. The SMILES string of the molecule is CC1(C)[C@@H](CN)[C@@H]1c1ccc(C(F)(F)F)c(F)c1. The Kier molecular flexibility index (Phi) is 2.93. The number of hydrogen-bond donors (Lipinski definition) is 1. The Bertz CT molecular complexity index is 465. The monoisotopic (exact) mass is 261 g/mol. The molecule has 2 N–H and O–H groups in total. The predicted octanol–water partition coefficient (Wildman–Crippen LogP) is 3.54. The van der Waals surface area contributed by atoms with Crippen LogP contribution in [0.5, 0.6) is 0 Å². The molecule has 0 radical (unpaired) electrons. The molecule has 0 unspecified atom stereocenters. The molecule has 1 aromatic carbocycles. The van der Waals surface area contributed by atoms with Crippen LogP contribution >= 0.6 is 0 Å². The molecule has 0 amide bonds. The third-order valence-corrected chi connectivity index (χ3v) is 3.96. The van der Waals surface area contributed by atoms with Gasteiger partial charge in [0.25, 0.3) is 0 Å². The second kappa shape index (κ2) is 3.95. The van der Waals surface area contributed by atoms with Gasteiger partial charge in [-0.15, -0.1) is 0 Å². The van der Waals surface area contributed by atoms with Crippen molar-refractivity contribution in [2.24, 2.45) is 17.1 Å². The Labute approximate surface area is 103 Å². The second-order valence-corrected chi connectivity index (χ2v) is 5.38. The van der Waals surface area contributed by atoms with Gasteiger partial charge in [-0.25, -0.2) is 4.39 Å². The molecule has 1 saturated carbocycles. The van der Waals surface area contributed by atoms with Crippen molar-refractivity contribution in [2.45, 2.75) is 25.9 Å².